The quantitative estimate of drug-likeness (QED) is 0.812. The zero-order valence-corrected chi connectivity index (χ0v) is 10.3. The molecule has 0 aromatic heterocycles. The SMILES string of the molecule is Cc1ccccc1OCCNc1ccccc1F. The van der Waals surface area contributed by atoms with Crippen LogP contribution in [-0.2, 0) is 0 Å². The normalized spacial score (nSPS) is 10.1. The van der Waals surface area contributed by atoms with Crippen LogP contribution in [0.15, 0.2) is 48.5 Å². The van der Waals surface area contributed by atoms with Gasteiger partial charge in [-0.2, -0.15) is 0 Å². The first-order chi connectivity index (χ1) is 8.77. The van der Waals surface area contributed by atoms with E-state index < -0.39 is 0 Å². The molecule has 3 heteroatoms. The lowest BCUT2D eigenvalue weighted by atomic mass is 10.2. The van der Waals surface area contributed by atoms with Crippen molar-refractivity contribution in [3.63, 3.8) is 0 Å². The van der Waals surface area contributed by atoms with Gasteiger partial charge < -0.3 is 10.1 Å². The summed E-state index contributed by atoms with van der Waals surface area (Å²) in [5.74, 6) is 0.626. The third kappa shape index (κ3) is 3.23. The van der Waals surface area contributed by atoms with Crippen molar-refractivity contribution in [3.8, 4) is 5.75 Å². The van der Waals surface area contributed by atoms with Crippen LogP contribution in [0.2, 0.25) is 0 Å². The lowest BCUT2D eigenvalue weighted by molar-refractivity contribution is 0.330. The lowest BCUT2D eigenvalue weighted by Crippen LogP contribution is -2.12. The molecular formula is C15H16FNO. The molecule has 0 bridgehead atoms. The third-order valence-corrected chi connectivity index (χ3v) is 2.64. The number of nitrogens with one attached hydrogen (secondary N) is 1. The predicted molar refractivity (Wildman–Crippen MR) is 71.6 cm³/mol. The van der Waals surface area contributed by atoms with E-state index in [0.29, 0.717) is 18.8 Å². The van der Waals surface area contributed by atoms with Gasteiger partial charge in [-0.05, 0) is 30.7 Å². The Morgan fingerprint density at radius 3 is 2.56 bits per heavy atom. The van der Waals surface area contributed by atoms with Crippen molar-refractivity contribution in [1.29, 1.82) is 0 Å². The Kier molecular flexibility index (Phi) is 4.18. The molecule has 94 valence electrons. The van der Waals surface area contributed by atoms with Crippen molar-refractivity contribution in [1.82, 2.24) is 0 Å². The van der Waals surface area contributed by atoms with Crippen molar-refractivity contribution in [2.24, 2.45) is 0 Å². The molecule has 0 spiro atoms. The van der Waals surface area contributed by atoms with Gasteiger partial charge in [0, 0.05) is 6.54 Å². The number of hydrogen-bond acceptors (Lipinski definition) is 2. The second-order valence-electron chi connectivity index (χ2n) is 4.02. The zero-order chi connectivity index (χ0) is 12.8. The van der Waals surface area contributed by atoms with Gasteiger partial charge in [-0.15, -0.1) is 0 Å². The molecule has 0 atom stereocenters. The van der Waals surface area contributed by atoms with E-state index in [1.807, 2.05) is 31.2 Å². The van der Waals surface area contributed by atoms with Crippen LogP contribution in [0.3, 0.4) is 0 Å². The summed E-state index contributed by atoms with van der Waals surface area (Å²) in [5, 5.41) is 3.00. The van der Waals surface area contributed by atoms with Crippen molar-refractivity contribution >= 4 is 5.69 Å². The fourth-order valence-corrected chi connectivity index (χ4v) is 1.67. The maximum Gasteiger partial charge on any atom is 0.146 e. The average molecular weight is 245 g/mol. The molecule has 0 heterocycles. The standard InChI is InChI=1S/C15H16FNO/c1-12-6-2-5-9-15(12)18-11-10-17-14-8-4-3-7-13(14)16/h2-9,17H,10-11H2,1H3. The molecule has 0 fully saturated rings. The van der Waals surface area contributed by atoms with Crippen LogP contribution in [0.4, 0.5) is 10.1 Å². The predicted octanol–water partition coefficient (Wildman–Crippen LogP) is 3.63. The molecule has 0 aliphatic heterocycles. The molecule has 0 saturated heterocycles. The number of halogens is 1. The van der Waals surface area contributed by atoms with Crippen LogP contribution in [0.25, 0.3) is 0 Å². The fourth-order valence-electron chi connectivity index (χ4n) is 1.67. The number of ether oxygens (including phenoxy) is 1. The number of anilines is 1. The van der Waals surface area contributed by atoms with E-state index in [0.717, 1.165) is 11.3 Å². The van der Waals surface area contributed by atoms with Gasteiger partial charge in [0.15, 0.2) is 0 Å². The first-order valence-electron chi connectivity index (χ1n) is 5.94. The molecule has 2 aromatic rings. The Hall–Kier alpha value is -2.03. The first kappa shape index (κ1) is 12.4. The summed E-state index contributed by atoms with van der Waals surface area (Å²) in [4.78, 5) is 0. The highest BCUT2D eigenvalue weighted by molar-refractivity contribution is 5.44. The number of aryl methyl sites for hydroxylation is 1. The van der Waals surface area contributed by atoms with Gasteiger partial charge in [0.2, 0.25) is 0 Å². The van der Waals surface area contributed by atoms with Gasteiger partial charge in [0.1, 0.15) is 18.2 Å². The van der Waals surface area contributed by atoms with E-state index in [4.69, 9.17) is 4.74 Å². The molecule has 0 radical (unpaired) electrons. The minimum absolute atomic E-state index is 0.242. The van der Waals surface area contributed by atoms with Gasteiger partial charge in [-0.25, -0.2) is 4.39 Å². The van der Waals surface area contributed by atoms with Crippen LogP contribution in [-0.4, -0.2) is 13.2 Å². The van der Waals surface area contributed by atoms with Crippen molar-refractivity contribution in [3.05, 3.63) is 59.9 Å². The molecule has 0 unspecified atom stereocenters. The smallest absolute Gasteiger partial charge is 0.146 e. The Balaban J connectivity index is 1.80. The summed E-state index contributed by atoms with van der Waals surface area (Å²) in [6.45, 7) is 3.06. The molecule has 2 nitrogen and oxygen atoms in total. The highest BCUT2D eigenvalue weighted by Crippen LogP contribution is 2.16. The van der Waals surface area contributed by atoms with E-state index in [-0.39, 0.29) is 5.82 Å². The Morgan fingerprint density at radius 1 is 1.06 bits per heavy atom. The molecule has 18 heavy (non-hydrogen) atoms. The van der Waals surface area contributed by atoms with Gasteiger partial charge in [-0.1, -0.05) is 30.3 Å². The van der Waals surface area contributed by atoms with E-state index >= 15 is 0 Å². The highest BCUT2D eigenvalue weighted by atomic mass is 19.1. The maximum absolute atomic E-state index is 13.3. The summed E-state index contributed by atoms with van der Waals surface area (Å²) in [5.41, 5.74) is 1.61. The van der Waals surface area contributed by atoms with Crippen LogP contribution in [0, 0.1) is 12.7 Å². The Morgan fingerprint density at radius 2 is 1.78 bits per heavy atom. The molecule has 2 rings (SSSR count). The molecule has 1 N–H and O–H groups in total. The first-order valence-corrected chi connectivity index (χ1v) is 5.94. The van der Waals surface area contributed by atoms with Crippen LogP contribution < -0.4 is 10.1 Å². The number of benzene rings is 2. The molecule has 0 aliphatic carbocycles. The largest absolute Gasteiger partial charge is 0.491 e. The third-order valence-electron chi connectivity index (χ3n) is 2.64. The lowest BCUT2D eigenvalue weighted by Gasteiger charge is -2.10. The summed E-state index contributed by atoms with van der Waals surface area (Å²) in [7, 11) is 0. The molecular weight excluding hydrogens is 229 g/mol. The van der Waals surface area contributed by atoms with E-state index in [1.165, 1.54) is 6.07 Å². The van der Waals surface area contributed by atoms with E-state index in [2.05, 4.69) is 5.32 Å². The average Bonchev–Trinajstić information content (AvgIpc) is 2.38. The van der Waals surface area contributed by atoms with Crippen LogP contribution in [0.1, 0.15) is 5.56 Å². The van der Waals surface area contributed by atoms with Crippen molar-refractivity contribution in [2.75, 3.05) is 18.5 Å². The van der Waals surface area contributed by atoms with Crippen LogP contribution >= 0.6 is 0 Å². The Bertz CT molecular complexity index is 466. The van der Waals surface area contributed by atoms with Crippen molar-refractivity contribution < 1.29 is 9.13 Å². The summed E-state index contributed by atoms with van der Waals surface area (Å²) < 4.78 is 18.9. The van der Waals surface area contributed by atoms with Gasteiger partial charge in [0.05, 0.1) is 5.69 Å². The minimum Gasteiger partial charge on any atom is -0.491 e. The number of rotatable bonds is 5. The molecule has 2 aromatic carbocycles. The monoisotopic (exact) mass is 245 g/mol. The second kappa shape index (κ2) is 6.05. The van der Waals surface area contributed by atoms with E-state index in [1.54, 1.807) is 18.2 Å². The maximum atomic E-state index is 13.3. The summed E-state index contributed by atoms with van der Waals surface area (Å²) in [6, 6.07) is 14.5. The minimum atomic E-state index is -0.242. The summed E-state index contributed by atoms with van der Waals surface area (Å²) >= 11 is 0. The Labute approximate surface area is 106 Å². The van der Waals surface area contributed by atoms with Crippen LogP contribution in [0.5, 0.6) is 5.75 Å². The number of hydrogen-bond donors (Lipinski definition) is 1. The molecule has 0 saturated carbocycles. The summed E-state index contributed by atoms with van der Waals surface area (Å²) in [6.07, 6.45) is 0. The topological polar surface area (TPSA) is 21.3 Å². The zero-order valence-electron chi connectivity index (χ0n) is 10.3. The van der Waals surface area contributed by atoms with E-state index in [9.17, 15) is 4.39 Å². The van der Waals surface area contributed by atoms with Gasteiger partial charge in [-0.3, -0.25) is 0 Å². The van der Waals surface area contributed by atoms with Crippen molar-refractivity contribution in [2.45, 2.75) is 6.92 Å². The van der Waals surface area contributed by atoms with Gasteiger partial charge >= 0.3 is 0 Å². The number of para-hydroxylation sites is 2. The molecule has 0 aliphatic rings. The van der Waals surface area contributed by atoms with Gasteiger partial charge in [0.25, 0.3) is 0 Å². The highest BCUT2D eigenvalue weighted by Gasteiger charge is 2.00. The fraction of sp³-hybridized carbons (Fsp3) is 0.200. The molecule has 0 amide bonds. The second-order valence-corrected chi connectivity index (χ2v) is 4.02.